The van der Waals surface area contributed by atoms with Gasteiger partial charge < -0.3 is 15.1 Å². The van der Waals surface area contributed by atoms with Crippen molar-refractivity contribution < 1.29 is 4.84 Å². The Kier molecular flexibility index (Phi) is 7.14. The predicted octanol–water partition coefficient (Wildman–Crippen LogP) is 4.40. The van der Waals surface area contributed by atoms with E-state index in [1.807, 2.05) is 0 Å². The molecule has 0 aromatic heterocycles. The Hall–Kier alpha value is -2.15. The molecule has 3 aliphatic rings. The normalized spacial score (nSPS) is 25.7. The molecule has 3 atom stereocenters. The molecule has 0 aliphatic carbocycles. The van der Waals surface area contributed by atoms with Crippen LogP contribution < -0.4 is 10.2 Å². The SMILES string of the molecule is CN1OC[C@@H]2CN(C(=S)NCCc3ccccc3)[C@H](c3ccc(N4CCCCC4)cc3)C[C@@H]21. The van der Waals surface area contributed by atoms with Crippen molar-refractivity contribution in [1.29, 1.82) is 0 Å². The maximum Gasteiger partial charge on any atom is 0.169 e. The molecule has 1 N–H and O–H groups in total. The van der Waals surface area contributed by atoms with E-state index in [0.717, 1.165) is 37.7 Å². The lowest BCUT2D eigenvalue weighted by Crippen LogP contribution is -2.52. The van der Waals surface area contributed by atoms with Gasteiger partial charge >= 0.3 is 0 Å². The number of hydrogen-bond donors (Lipinski definition) is 1. The zero-order valence-corrected chi connectivity index (χ0v) is 20.5. The standard InChI is InChI=1S/C27H36N4OS/c1-29-25-18-26(22-10-12-24(13-11-22)30-16-6-3-7-17-30)31(19-23(25)20-32-29)27(33)28-15-14-21-8-4-2-5-9-21/h2,4-5,8-13,23,25-26H,3,6-7,14-20H2,1H3,(H,28,33)/t23-,25-,26-/m0/s1. The van der Waals surface area contributed by atoms with Gasteiger partial charge in [-0.1, -0.05) is 42.5 Å². The third-order valence-electron chi connectivity index (χ3n) is 7.57. The van der Waals surface area contributed by atoms with Gasteiger partial charge in [0.15, 0.2) is 5.11 Å². The highest BCUT2D eigenvalue weighted by molar-refractivity contribution is 7.80. The van der Waals surface area contributed by atoms with Crippen LogP contribution >= 0.6 is 12.2 Å². The molecular formula is C27H36N4OS. The van der Waals surface area contributed by atoms with Crippen molar-refractivity contribution in [2.24, 2.45) is 5.92 Å². The molecule has 33 heavy (non-hydrogen) atoms. The van der Waals surface area contributed by atoms with Gasteiger partial charge in [-0.15, -0.1) is 0 Å². The molecular weight excluding hydrogens is 428 g/mol. The Labute approximate surface area is 203 Å². The van der Waals surface area contributed by atoms with Gasteiger partial charge in [-0.05, 0) is 67.6 Å². The minimum atomic E-state index is 0.266. The lowest BCUT2D eigenvalue weighted by atomic mass is 9.85. The first-order valence-electron chi connectivity index (χ1n) is 12.5. The number of nitrogens with one attached hydrogen (secondary N) is 1. The molecule has 3 fully saturated rings. The summed E-state index contributed by atoms with van der Waals surface area (Å²) in [6.45, 7) is 4.92. The summed E-state index contributed by atoms with van der Waals surface area (Å²) in [5.74, 6) is 0.493. The fourth-order valence-electron chi connectivity index (χ4n) is 5.63. The first-order chi connectivity index (χ1) is 16.2. The molecule has 5 rings (SSSR count). The highest BCUT2D eigenvalue weighted by atomic mass is 32.1. The molecule has 0 bridgehead atoms. The lowest BCUT2D eigenvalue weighted by Gasteiger charge is -2.43. The molecule has 0 saturated carbocycles. The molecule has 5 nitrogen and oxygen atoms in total. The monoisotopic (exact) mass is 464 g/mol. The summed E-state index contributed by atoms with van der Waals surface area (Å²) >= 11 is 5.94. The van der Waals surface area contributed by atoms with Crippen molar-refractivity contribution in [2.75, 3.05) is 44.7 Å². The van der Waals surface area contributed by atoms with Gasteiger partial charge in [-0.3, -0.25) is 4.84 Å². The average Bonchev–Trinajstić information content (AvgIpc) is 3.24. The number of hydroxylamine groups is 2. The number of hydrogen-bond acceptors (Lipinski definition) is 4. The Balaban J connectivity index is 1.29. The smallest absolute Gasteiger partial charge is 0.169 e. The molecule has 0 radical (unpaired) electrons. The summed E-state index contributed by atoms with van der Waals surface area (Å²) in [5, 5.41) is 6.49. The number of nitrogens with zero attached hydrogens (tertiary/aromatic N) is 3. The zero-order chi connectivity index (χ0) is 22.6. The lowest BCUT2D eigenvalue weighted by molar-refractivity contribution is -0.113. The number of rotatable bonds is 5. The van der Waals surface area contributed by atoms with E-state index in [2.05, 4.69) is 81.8 Å². The van der Waals surface area contributed by atoms with Crippen LogP contribution in [0, 0.1) is 5.92 Å². The topological polar surface area (TPSA) is 31.0 Å². The average molecular weight is 465 g/mol. The summed E-state index contributed by atoms with van der Waals surface area (Å²) in [5.41, 5.74) is 4.03. The summed E-state index contributed by atoms with van der Waals surface area (Å²) < 4.78 is 0. The van der Waals surface area contributed by atoms with E-state index in [9.17, 15) is 0 Å². The van der Waals surface area contributed by atoms with Crippen molar-refractivity contribution in [3.05, 3.63) is 65.7 Å². The number of fused-ring (bicyclic) bond motifs is 1. The van der Waals surface area contributed by atoms with Crippen LogP contribution in [0.3, 0.4) is 0 Å². The molecule has 2 aromatic rings. The van der Waals surface area contributed by atoms with E-state index in [1.54, 1.807) is 0 Å². The molecule has 3 aliphatic heterocycles. The first-order valence-corrected chi connectivity index (χ1v) is 12.9. The van der Waals surface area contributed by atoms with Crippen molar-refractivity contribution >= 4 is 23.0 Å². The summed E-state index contributed by atoms with van der Waals surface area (Å²) in [6, 6.07) is 20.6. The molecule has 6 heteroatoms. The van der Waals surface area contributed by atoms with Gasteiger partial charge in [0.1, 0.15) is 0 Å². The maximum atomic E-state index is 5.94. The second-order valence-electron chi connectivity index (χ2n) is 9.68. The molecule has 176 valence electrons. The quantitative estimate of drug-likeness (QED) is 0.660. The Morgan fingerprint density at radius 1 is 1.03 bits per heavy atom. The summed E-state index contributed by atoms with van der Waals surface area (Å²) in [6.07, 6.45) is 5.97. The number of thiocarbonyl (C=S) groups is 1. The van der Waals surface area contributed by atoms with Gasteiger partial charge in [0.2, 0.25) is 0 Å². The van der Waals surface area contributed by atoms with E-state index < -0.39 is 0 Å². The van der Waals surface area contributed by atoms with Crippen LogP contribution in [0.5, 0.6) is 0 Å². The van der Waals surface area contributed by atoms with E-state index in [4.69, 9.17) is 17.1 Å². The number of piperidine rings is 2. The largest absolute Gasteiger partial charge is 0.372 e. The third kappa shape index (κ3) is 5.18. The number of anilines is 1. The van der Waals surface area contributed by atoms with Crippen LogP contribution in [0.1, 0.15) is 42.9 Å². The predicted molar refractivity (Wildman–Crippen MR) is 138 cm³/mol. The minimum Gasteiger partial charge on any atom is -0.372 e. The van der Waals surface area contributed by atoms with E-state index >= 15 is 0 Å². The Morgan fingerprint density at radius 3 is 2.55 bits per heavy atom. The van der Waals surface area contributed by atoms with Crippen molar-refractivity contribution in [2.45, 2.75) is 44.2 Å². The number of benzene rings is 2. The van der Waals surface area contributed by atoms with Crippen molar-refractivity contribution in [3.63, 3.8) is 0 Å². The van der Waals surface area contributed by atoms with Gasteiger partial charge in [0.25, 0.3) is 0 Å². The summed E-state index contributed by atoms with van der Waals surface area (Å²) in [7, 11) is 2.08. The van der Waals surface area contributed by atoms with Gasteiger partial charge in [-0.25, -0.2) is 0 Å². The number of likely N-dealkylation sites (tertiary alicyclic amines) is 1. The molecule has 0 spiro atoms. The zero-order valence-electron chi connectivity index (χ0n) is 19.7. The van der Waals surface area contributed by atoms with Crippen LogP contribution in [-0.4, -0.2) is 61.0 Å². The molecule has 0 unspecified atom stereocenters. The fraction of sp³-hybridized carbons (Fsp3) is 0.519. The second-order valence-corrected chi connectivity index (χ2v) is 10.1. The molecule has 0 amide bonds. The van der Waals surface area contributed by atoms with Crippen LogP contribution in [-0.2, 0) is 11.3 Å². The van der Waals surface area contributed by atoms with Crippen molar-refractivity contribution in [1.82, 2.24) is 15.3 Å². The molecule has 3 heterocycles. The fourth-order valence-corrected chi connectivity index (χ4v) is 5.93. The first kappa shape index (κ1) is 22.6. The van der Waals surface area contributed by atoms with Gasteiger partial charge in [0.05, 0.1) is 12.6 Å². The Morgan fingerprint density at radius 2 is 1.79 bits per heavy atom. The van der Waals surface area contributed by atoms with Crippen LogP contribution in [0.2, 0.25) is 0 Å². The van der Waals surface area contributed by atoms with Crippen LogP contribution in [0.25, 0.3) is 0 Å². The second kappa shape index (κ2) is 10.4. The third-order valence-corrected chi connectivity index (χ3v) is 7.95. The van der Waals surface area contributed by atoms with Crippen LogP contribution in [0.4, 0.5) is 5.69 Å². The minimum absolute atomic E-state index is 0.266. The Bertz CT molecular complexity index is 915. The maximum absolute atomic E-state index is 5.94. The molecule has 2 aromatic carbocycles. The summed E-state index contributed by atoms with van der Waals surface area (Å²) in [4.78, 5) is 10.8. The molecule has 3 saturated heterocycles. The highest BCUT2D eigenvalue weighted by Gasteiger charge is 2.43. The van der Waals surface area contributed by atoms with Crippen LogP contribution in [0.15, 0.2) is 54.6 Å². The van der Waals surface area contributed by atoms with E-state index in [0.29, 0.717) is 12.0 Å². The van der Waals surface area contributed by atoms with E-state index in [1.165, 1.54) is 49.2 Å². The van der Waals surface area contributed by atoms with E-state index in [-0.39, 0.29) is 6.04 Å². The van der Waals surface area contributed by atoms with Gasteiger partial charge in [-0.2, -0.15) is 5.06 Å². The highest BCUT2D eigenvalue weighted by Crippen LogP contribution is 2.39. The van der Waals surface area contributed by atoms with Crippen molar-refractivity contribution in [3.8, 4) is 0 Å². The van der Waals surface area contributed by atoms with Gasteiger partial charge in [0, 0.05) is 50.9 Å².